The van der Waals surface area contributed by atoms with Gasteiger partial charge in [0.05, 0.1) is 19.5 Å². The van der Waals surface area contributed by atoms with Crippen molar-refractivity contribution in [3.8, 4) is 0 Å². The van der Waals surface area contributed by atoms with Crippen LogP contribution in [0.1, 0.15) is 142 Å². The van der Waals surface area contributed by atoms with E-state index in [1.807, 2.05) is 83.1 Å². The Morgan fingerprint density at radius 3 is 1.12 bits per heavy atom. The van der Waals surface area contributed by atoms with Crippen molar-refractivity contribution in [2.24, 2.45) is 0 Å². The lowest BCUT2D eigenvalue weighted by Crippen LogP contribution is -2.45. The maximum Gasteiger partial charge on any atom is 0.320 e. The molecule has 0 aromatic rings. The number of hydrogen-bond acceptors (Lipinski definition) is 11. The van der Waals surface area contributed by atoms with Gasteiger partial charge in [-0.2, -0.15) is 0 Å². The lowest BCUT2D eigenvalue weighted by Gasteiger charge is -2.31. The molecule has 0 aliphatic heterocycles. The van der Waals surface area contributed by atoms with E-state index >= 15 is 0 Å². The SMILES string of the molecule is CCC(=O)OC(C)(C)C.CCCCCN(CCN(CCN(CCC)CCC(=O)OC(C)(C)C)CC(=O)OC(C)(C)C)CC(=O)OC(C)(C)C. The van der Waals surface area contributed by atoms with Gasteiger partial charge >= 0.3 is 23.9 Å². The standard InChI is InChI=1S/C31H61N3O6.C7H14O2/c1-12-14-15-18-33(24-27(36)39-30(6,7)8)22-23-34(25-28(37)40-31(9,10)11)21-20-32(17-13-2)19-16-26(35)38-29(3,4)5;1-5-6(8)9-7(2,3)4/h12-25H2,1-11H3;5H2,1-4H3. The molecule has 0 unspecified atom stereocenters. The fraction of sp³-hybridized carbons (Fsp3) is 0.895. The first-order valence-electron chi connectivity index (χ1n) is 18.3. The fourth-order valence-corrected chi connectivity index (χ4v) is 4.51. The second kappa shape index (κ2) is 24.0. The zero-order valence-corrected chi connectivity index (χ0v) is 34.2. The average molecular weight is 702 g/mol. The summed E-state index contributed by atoms with van der Waals surface area (Å²) in [6.07, 6.45) is 4.93. The molecular formula is C38H75N3O8. The van der Waals surface area contributed by atoms with Crippen molar-refractivity contribution in [2.75, 3.05) is 58.9 Å². The molecule has 0 amide bonds. The number of carbonyl (C=O) groups is 4. The number of ether oxygens (including phenoxy) is 4. The highest BCUT2D eigenvalue weighted by atomic mass is 16.6. The largest absolute Gasteiger partial charge is 0.460 e. The van der Waals surface area contributed by atoms with Crippen molar-refractivity contribution in [1.29, 1.82) is 0 Å². The molecule has 11 heteroatoms. The third kappa shape index (κ3) is 34.0. The van der Waals surface area contributed by atoms with E-state index in [4.69, 9.17) is 18.9 Å². The molecule has 0 spiro atoms. The first-order valence-corrected chi connectivity index (χ1v) is 18.3. The minimum absolute atomic E-state index is 0.137. The third-order valence-corrected chi connectivity index (χ3v) is 6.39. The number of unbranched alkanes of at least 4 members (excludes halogenated alkanes) is 2. The predicted molar refractivity (Wildman–Crippen MR) is 197 cm³/mol. The van der Waals surface area contributed by atoms with Crippen molar-refractivity contribution < 1.29 is 38.1 Å². The monoisotopic (exact) mass is 702 g/mol. The topological polar surface area (TPSA) is 115 Å². The van der Waals surface area contributed by atoms with Crippen molar-refractivity contribution in [3.05, 3.63) is 0 Å². The number of carbonyl (C=O) groups excluding carboxylic acids is 4. The maximum absolute atomic E-state index is 12.8. The normalized spacial score (nSPS) is 12.4. The van der Waals surface area contributed by atoms with Gasteiger partial charge in [-0.3, -0.25) is 29.0 Å². The minimum Gasteiger partial charge on any atom is -0.460 e. The van der Waals surface area contributed by atoms with Gasteiger partial charge in [0, 0.05) is 39.1 Å². The van der Waals surface area contributed by atoms with E-state index in [1.54, 1.807) is 6.92 Å². The molecule has 0 radical (unpaired) electrons. The zero-order chi connectivity index (χ0) is 38.5. The van der Waals surface area contributed by atoms with Gasteiger partial charge < -0.3 is 23.8 Å². The molecule has 0 heterocycles. The quantitative estimate of drug-likeness (QED) is 0.0773. The summed E-state index contributed by atoms with van der Waals surface area (Å²) in [5.41, 5.74) is -1.92. The van der Waals surface area contributed by atoms with E-state index in [2.05, 4.69) is 28.5 Å². The minimum atomic E-state index is -0.562. The van der Waals surface area contributed by atoms with Gasteiger partial charge in [0.2, 0.25) is 0 Å². The molecule has 0 atom stereocenters. The van der Waals surface area contributed by atoms with Crippen LogP contribution in [-0.2, 0) is 38.1 Å². The van der Waals surface area contributed by atoms with E-state index < -0.39 is 16.8 Å². The Kier molecular flexibility index (Phi) is 24.0. The van der Waals surface area contributed by atoms with Crippen LogP contribution < -0.4 is 0 Å². The van der Waals surface area contributed by atoms with Gasteiger partial charge in [0.1, 0.15) is 22.4 Å². The van der Waals surface area contributed by atoms with Crippen LogP contribution in [0.25, 0.3) is 0 Å². The lowest BCUT2D eigenvalue weighted by atomic mass is 10.2. The van der Waals surface area contributed by atoms with Crippen LogP contribution in [-0.4, -0.2) is 120 Å². The highest BCUT2D eigenvalue weighted by Crippen LogP contribution is 2.12. The van der Waals surface area contributed by atoms with E-state index in [1.165, 1.54) is 0 Å². The van der Waals surface area contributed by atoms with Crippen LogP contribution >= 0.6 is 0 Å². The Balaban J connectivity index is 0. The van der Waals surface area contributed by atoms with E-state index in [0.717, 1.165) is 38.8 Å². The summed E-state index contributed by atoms with van der Waals surface area (Å²) in [4.78, 5) is 54.7. The molecule has 290 valence electrons. The summed E-state index contributed by atoms with van der Waals surface area (Å²) < 4.78 is 21.6. The second-order valence-electron chi connectivity index (χ2n) is 16.6. The van der Waals surface area contributed by atoms with Gasteiger partial charge in [-0.05, 0) is 109 Å². The number of hydrogen-bond donors (Lipinski definition) is 0. The number of esters is 4. The van der Waals surface area contributed by atoms with Crippen molar-refractivity contribution in [3.63, 3.8) is 0 Å². The van der Waals surface area contributed by atoms with Crippen molar-refractivity contribution in [1.82, 2.24) is 14.7 Å². The molecule has 0 aromatic heterocycles. The Morgan fingerprint density at radius 1 is 0.408 bits per heavy atom. The van der Waals surface area contributed by atoms with Crippen LogP contribution in [0.5, 0.6) is 0 Å². The molecule has 0 aliphatic rings. The molecule has 0 saturated heterocycles. The highest BCUT2D eigenvalue weighted by Gasteiger charge is 2.23. The summed E-state index contributed by atoms with van der Waals surface area (Å²) in [7, 11) is 0. The predicted octanol–water partition coefficient (Wildman–Crippen LogP) is 6.65. The Morgan fingerprint density at radius 2 is 0.776 bits per heavy atom. The van der Waals surface area contributed by atoms with Crippen LogP contribution in [0.3, 0.4) is 0 Å². The Bertz CT molecular complexity index is 943. The van der Waals surface area contributed by atoms with Crippen LogP contribution in [0.15, 0.2) is 0 Å². The van der Waals surface area contributed by atoms with Gasteiger partial charge in [0.15, 0.2) is 0 Å². The fourth-order valence-electron chi connectivity index (χ4n) is 4.51. The van der Waals surface area contributed by atoms with Crippen molar-refractivity contribution >= 4 is 23.9 Å². The van der Waals surface area contributed by atoms with E-state index in [9.17, 15) is 19.2 Å². The molecule has 49 heavy (non-hydrogen) atoms. The average Bonchev–Trinajstić information content (AvgIpc) is 2.89. The summed E-state index contributed by atoms with van der Waals surface area (Å²) >= 11 is 0. The Labute approximate surface area is 300 Å². The molecule has 0 rings (SSSR count). The molecular weight excluding hydrogens is 626 g/mol. The summed E-state index contributed by atoms with van der Waals surface area (Å²) in [5.74, 6) is -0.849. The molecule has 0 fully saturated rings. The molecule has 0 N–H and O–H groups in total. The molecule has 0 aliphatic carbocycles. The highest BCUT2D eigenvalue weighted by molar-refractivity contribution is 5.72. The van der Waals surface area contributed by atoms with Crippen LogP contribution in [0, 0.1) is 0 Å². The number of nitrogens with zero attached hydrogens (tertiary/aromatic N) is 3. The van der Waals surface area contributed by atoms with Gasteiger partial charge in [-0.25, -0.2) is 0 Å². The Hall–Kier alpha value is -2.24. The molecule has 0 aromatic carbocycles. The summed E-state index contributed by atoms with van der Waals surface area (Å²) in [6.45, 7) is 33.7. The summed E-state index contributed by atoms with van der Waals surface area (Å²) in [5, 5.41) is 0. The maximum atomic E-state index is 12.8. The van der Waals surface area contributed by atoms with Gasteiger partial charge in [-0.15, -0.1) is 0 Å². The first kappa shape index (κ1) is 48.9. The zero-order valence-electron chi connectivity index (χ0n) is 34.2. The van der Waals surface area contributed by atoms with Crippen LogP contribution in [0.4, 0.5) is 0 Å². The molecule has 11 nitrogen and oxygen atoms in total. The van der Waals surface area contributed by atoms with E-state index in [0.29, 0.717) is 45.6 Å². The first-order chi connectivity index (χ1) is 22.3. The number of rotatable bonds is 20. The smallest absolute Gasteiger partial charge is 0.320 e. The van der Waals surface area contributed by atoms with Crippen LogP contribution in [0.2, 0.25) is 0 Å². The lowest BCUT2D eigenvalue weighted by molar-refractivity contribution is -0.158. The van der Waals surface area contributed by atoms with Gasteiger partial charge in [0.25, 0.3) is 0 Å². The van der Waals surface area contributed by atoms with Gasteiger partial charge in [-0.1, -0.05) is 33.6 Å². The molecule has 0 saturated carbocycles. The third-order valence-electron chi connectivity index (χ3n) is 6.39. The second-order valence-corrected chi connectivity index (χ2v) is 16.6. The summed E-state index contributed by atoms with van der Waals surface area (Å²) in [6, 6.07) is 0. The molecule has 0 bridgehead atoms. The van der Waals surface area contributed by atoms with Crippen molar-refractivity contribution in [2.45, 2.75) is 165 Å². The van der Waals surface area contributed by atoms with E-state index in [-0.39, 0.29) is 42.6 Å².